The summed E-state index contributed by atoms with van der Waals surface area (Å²) in [5.74, 6) is 0. The van der Waals surface area contributed by atoms with Crippen LogP contribution in [0.1, 0.15) is 5.56 Å². The van der Waals surface area contributed by atoms with Crippen LogP contribution in [0.15, 0.2) is 12.1 Å². The molecule has 0 unspecified atom stereocenters. The minimum atomic E-state index is -0.479. The van der Waals surface area contributed by atoms with Crippen molar-refractivity contribution >= 4 is 23.0 Å². The highest BCUT2D eigenvalue weighted by Gasteiger charge is 2.12. The molecule has 0 aromatic heterocycles. The molecule has 0 heterocycles. The van der Waals surface area contributed by atoms with Crippen molar-refractivity contribution in [2.75, 3.05) is 31.7 Å². The largest absolute Gasteiger partial charge is 0.394 e. The third kappa shape index (κ3) is 4.14. The summed E-state index contributed by atoms with van der Waals surface area (Å²) in [5.41, 5.74) is 1.34. The van der Waals surface area contributed by atoms with Crippen LogP contribution in [0.4, 0.5) is 11.4 Å². The summed E-state index contributed by atoms with van der Waals surface area (Å²) in [4.78, 5) is 10.2. The first-order valence-electron chi connectivity index (χ1n) is 5.43. The molecule has 7 heteroatoms. The van der Waals surface area contributed by atoms with Crippen LogP contribution in [0, 0.1) is 17.0 Å². The second kappa shape index (κ2) is 7.15. The minimum Gasteiger partial charge on any atom is -0.394 e. The van der Waals surface area contributed by atoms with E-state index < -0.39 is 4.92 Å². The zero-order chi connectivity index (χ0) is 13.5. The van der Waals surface area contributed by atoms with Crippen LogP contribution >= 0.6 is 11.6 Å². The van der Waals surface area contributed by atoms with E-state index in [2.05, 4.69) is 5.32 Å². The summed E-state index contributed by atoms with van der Waals surface area (Å²) < 4.78 is 5.08. The number of aliphatic hydroxyl groups is 1. The van der Waals surface area contributed by atoms with Crippen LogP contribution in [0.2, 0.25) is 5.02 Å². The molecule has 0 aliphatic rings. The fraction of sp³-hybridized carbons (Fsp3) is 0.455. The number of anilines is 1. The predicted molar refractivity (Wildman–Crippen MR) is 69.2 cm³/mol. The highest BCUT2D eigenvalue weighted by atomic mass is 35.5. The van der Waals surface area contributed by atoms with E-state index in [9.17, 15) is 10.1 Å². The molecule has 0 amide bonds. The number of hydrogen-bond donors (Lipinski definition) is 2. The first-order valence-corrected chi connectivity index (χ1v) is 5.81. The number of benzene rings is 1. The number of nitrogens with one attached hydrogen (secondary N) is 1. The van der Waals surface area contributed by atoms with Gasteiger partial charge in [0.2, 0.25) is 0 Å². The van der Waals surface area contributed by atoms with Gasteiger partial charge in [0.25, 0.3) is 5.69 Å². The number of rotatable bonds is 7. The Morgan fingerprint density at radius 3 is 2.78 bits per heavy atom. The molecule has 1 aromatic carbocycles. The molecule has 0 aliphatic heterocycles. The number of halogens is 1. The van der Waals surface area contributed by atoms with Crippen molar-refractivity contribution in [3.63, 3.8) is 0 Å². The molecule has 0 saturated heterocycles. The van der Waals surface area contributed by atoms with Crippen LogP contribution in [0.5, 0.6) is 0 Å². The van der Waals surface area contributed by atoms with E-state index in [1.54, 1.807) is 6.92 Å². The summed E-state index contributed by atoms with van der Waals surface area (Å²) in [7, 11) is 0. The number of nitro groups is 1. The molecule has 0 atom stereocenters. The average Bonchev–Trinajstić information content (AvgIpc) is 2.31. The number of aryl methyl sites for hydroxylation is 1. The molecule has 0 spiro atoms. The maximum absolute atomic E-state index is 10.6. The Morgan fingerprint density at radius 1 is 1.50 bits per heavy atom. The molecular weight excluding hydrogens is 260 g/mol. The summed E-state index contributed by atoms with van der Waals surface area (Å²) in [6.07, 6.45) is 0. The lowest BCUT2D eigenvalue weighted by molar-refractivity contribution is -0.384. The SMILES string of the molecule is Cc1cc([N+](=O)[O-])cc(Cl)c1NCCOCCO. The molecule has 0 bridgehead atoms. The highest BCUT2D eigenvalue weighted by molar-refractivity contribution is 6.33. The van der Waals surface area contributed by atoms with E-state index in [-0.39, 0.29) is 18.9 Å². The third-order valence-corrected chi connectivity index (χ3v) is 2.56. The van der Waals surface area contributed by atoms with Gasteiger partial charge in [-0.2, -0.15) is 0 Å². The summed E-state index contributed by atoms with van der Waals surface area (Å²) in [6, 6.07) is 2.77. The van der Waals surface area contributed by atoms with Crippen LogP contribution in [-0.2, 0) is 4.74 Å². The normalized spacial score (nSPS) is 10.4. The van der Waals surface area contributed by atoms with Gasteiger partial charge in [-0.1, -0.05) is 11.6 Å². The smallest absolute Gasteiger partial charge is 0.271 e. The quantitative estimate of drug-likeness (QED) is 0.451. The molecule has 0 aliphatic carbocycles. The molecule has 18 heavy (non-hydrogen) atoms. The third-order valence-electron chi connectivity index (χ3n) is 2.27. The zero-order valence-corrected chi connectivity index (χ0v) is 10.7. The van der Waals surface area contributed by atoms with Gasteiger partial charge in [0, 0.05) is 18.7 Å². The second-order valence-electron chi connectivity index (χ2n) is 3.64. The van der Waals surface area contributed by atoms with Gasteiger partial charge in [0.15, 0.2) is 0 Å². The van der Waals surface area contributed by atoms with Gasteiger partial charge in [-0.05, 0) is 12.5 Å². The monoisotopic (exact) mass is 274 g/mol. The van der Waals surface area contributed by atoms with Gasteiger partial charge < -0.3 is 15.2 Å². The number of hydrogen-bond acceptors (Lipinski definition) is 5. The Balaban J connectivity index is 2.63. The van der Waals surface area contributed by atoms with Gasteiger partial charge in [-0.25, -0.2) is 0 Å². The highest BCUT2D eigenvalue weighted by Crippen LogP contribution is 2.30. The lowest BCUT2D eigenvalue weighted by atomic mass is 10.2. The Bertz CT molecular complexity index is 402. The number of ether oxygens (including phenoxy) is 1. The van der Waals surface area contributed by atoms with E-state index in [1.807, 2.05) is 0 Å². The topological polar surface area (TPSA) is 84.6 Å². The number of aliphatic hydroxyl groups excluding tert-OH is 1. The lowest BCUT2D eigenvalue weighted by Crippen LogP contribution is -2.12. The van der Waals surface area contributed by atoms with Crippen molar-refractivity contribution in [1.29, 1.82) is 0 Å². The van der Waals surface area contributed by atoms with Crippen LogP contribution in [0.25, 0.3) is 0 Å². The maximum Gasteiger partial charge on any atom is 0.271 e. The molecular formula is C11H15ClN2O4. The predicted octanol–water partition coefficient (Wildman–Crippen LogP) is 1.98. The standard InChI is InChI=1S/C11H15ClN2O4/c1-8-6-9(14(16)17)7-10(12)11(8)13-2-4-18-5-3-15/h6-7,13,15H,2-5H2,1H3. The van der Waals surface area contributed by atoms with Crippen LogP contribution in [-0.4, -0.2) is 36.4 Å². The molecule has 0 saturated carbocycles. The molecule has 0 fully saturated rings. The molecule has 1 aromatic rings. The lowest BCUT2D eigenvalue weighted by Gasteiger charge is -2.11. The van der Waals surface area contributed by atoms with Crippen molar-refractivity contribution in [2.24, 2.45) is 0 Å². The van der Waals surface area contributed by atoms with E-state index in [4.69, 9.17) is 21.4 Å². The Labute approximate surface area is 110 Å². The number of nitro benzene ring substituents is 1. The Morgan fingerprint density at radius 2 is 2.22 bits per heavy atom. The Hall–Kier alpha value is -1.37. The van der Waals surface area contributed by atoms with Gasteiger partial charge in [0.05, 0.1) is 35.5 Å². The molecule has 0 radical (unpaired) electrons. The van der Waals surface area contributed by atoms with Gasteiger partial charge >= 0.3 is 0 Å². The van der Waals surface area contributed by atoms with Crippen molar-refractivity contribution < 1.29 is 14.8 Å². The minimum absolute atomic E-state index is 0.0166. The van der Waals surface area contributed by atoms with Crippen molar-refractivity contribution in [3.05, 3.63) is 32.8 Å². The average molecular weight is 275 g/mol. The van der Waals surface area contributed by atoms with Crippen molar-refractivity contribution in [3.8, 4) is 0 Å². The van der Waals surface area contributed by atoms with Gasteiger partial charge in [0.1, 0.15) is 0 Å². The van der Waals surface area contributed by atoms with Crippen molar-refractivity contribution in [2.45, 2.75) is 6.92 Å². The fourth-order valence-electron chi connectivity index (χ4n) is 1.47. The van der Waals surface area contributed by atoms with E-state index in [0.29, 0.717) is 29.4 Å². The first kappa shape index (κ1) is 14.7. The van der Waals surface area contributed by atoms with Crippen molar-refractivity contribution in [1.82, 2.24) is 0 Å². The fourth-order valence-corrected chi connectivity index (χ4v) is 1.80. The second-order valence-corrected chi connectivity index (χ2v) is 4.05. The van der Waals surface area contributed by atoms with Crippen LogP contribution < -0.4 is 5.32 Å². The maximum atomic E-state index is 10.6. The van der Waals surface area contributed by atoms with E-state index in [0.717, 1.165) is 0 Å². The summed E-state index contributed by atoms with van der Waals surface area (Å²) in [6.45, 7) is 2.95. The summed E-state index contributed by atoms with van der Waals surface area (Å²) in [5, 5.41) is 22.5. The number of non-ortho nitro benzene ring substituents is 1. The molecule has 100 valence electrons. The van der Waals surface area contributed by atoms with Gasteiger partial charge in [-0.15, -0.1) is 0 Å². The Kier molecular flexibility index (Phi) is 5.84. The molecule has 1 rings (SSSR count). The summed E-state index contributed by atoms with van der Waals surface area (Å²) >= 11 is 5.97. The molecule has 6 nitrogen and oxygen atoms in total. The van der Waals surface area contributed by atoms with Crippen LogP contribution in [0.3, 0.4) is 0 Å². The van der Waals surface area contributed by atoms with Gasteiger partial charge in [-0.3, -0.25) is 10.1 Å². The zero-order valence-electron chi connectivity index (χ0n) is 9.98. The molecule has 2 N–H and O–H groups in total. The number of nitrogens with zero attached hydrogens (tertiary/aromatic N) is 1. The van der Waals surface area contributed by atoms with E-state index in [1.165, 1.54) is 12.1 Å². The first-order chi connectivity index (χ1) is 8.56. The van der Waals surface area contributed by atoms with E-state index >= 15 is 0 Å².